The Labute approximate surface area is 117 Å². The molecular weight excluding hydrogens is 286 g/mol. The van der Waals surface area contributed by atoms with Crippen molar-refractivity contribution < 1.29 is 18.6 Å². The maximum Gasteiger partial charge on any atom is 0.243 e. The zero-order valence-corrected chi connectivity index (χ0v) is 12.2. The van der Waals surface area contributed by atoms with E-state index in [2.05, 4.69) is 0 Å². The maximum absolute atomic E-state index is 12.4. The molecule has 0 bridgehead atoms. The second-order valence-corrected chi connectivity index (χ2v) is 7.28. The molecule has 2 rings (SSSR count). The molecule has 0 radical (unpaired) electrons. The highest BCUT2D eigenvalue weighted by atomic mass is 32.2. The topological polar surface area (TPSA) is 77.8 Å². The normalized spacial score (nSPS) is 25.4. The molecule has 1 aliphatic heterocycles. The number of nitrogens with zero attached hydrogens (tertiary/aromatic N) is 1. The van der Waals surface area contributed by atoms with Crippen LogP contribution in [0.2, 0.25) is 0 Å². The van der Waals surface area contributed by atoms with Gasteiger partial charge in [-0.15, -0.1) is 11.8 Å². The Morgan fingerprint density at radius 2 is 1.84 bits per heavy atom. The van der Waals surface area contributed by atoms with Crippen LogP contribution in [0.4, 0.5) is 0 Å². The van der Waals surface area contributed by atoms with Gasteiger partial charge in [-0.25, -0.2) is 8.42 Å². The first kappa shape index (κ1) is 14.8. The summed E-state index contributed by atoms with van der Waals surface area (Å²) in [5, 5.41) is 19.0. The fourth-order valence-electron chi connectivity index (χ4n) is 2.01. The van der Waals surface area contributed by atoms with E-state index in [4.69, 9.17) is 0 Å². The second kappa shape index (κ2) is 5.80. The van der Waals surface area contributed by atoms with Gasteiger partial charge in [0.25, 0.3) is 0 Å². The molecule has 7 heteroatoms. The van der Waals surface area contributed by atoms with E-state index in [1.54, 1.807) is 36.0 Å². The summed E-state index contributed by atoms with van der Waals surface area (Å²) in [7, 11) is -3.59. The van der Waals surface area contributed by atoms with Crippen molar-refractivity contribution >= 4 is 21.8 Å². The number of thioether (sulfide) groups is 1. The van der Waals surface area contributed by atoms with Crippen LogP contribution >= 0.6 is 11.8 Å². The lowest BCUT2D eigenvalue weighted by molar-refractivity contribution is -0.0191. The molecule has 0 aromatic heterocycles. The predicted octanol–water partition coefficient (Wildman–Crippen LogP) is 0.525. The second-order valence-electron chi connectivity index (χ2n) is 4.46. The highest BCUT2D eigenvalue weighted by Crippen LogP contribution is 2.23. The van der Waals surface area contributed by atoms with Gasteiger partial charge in [-0.1, -0.05) is 0 Å². The Bertz CT molecular complexity index is 529. The number of β-amino-alcohol motifs (C(OH)–C–C–N with tert-alkyl or cyclic N) is 1. The molecule has 0 saturated carbocycles. The molecule has 0 unspecified atom stereocenters. The Morgan fingerprint density at radius 3 is 2.37 bits per heavy atom. The number of aliphatic hydroxyl groups excluding tert-OH is 2. The summed E-state index contributed by atoms with van der Waals surface area (Å²) >= 11 is 1.54. The number of benzene rings is 1. The minimum atomic E-state index is -3.59. The molecule has 1 aliphatic rings. The summed E-state index contributed by atoms with van der Waals surface area (Å²) in [4.78, 5) is 1.21. The average Bonchev–Trinajstić information content (AvgIpc) is 2.41. The van der Waals surface area contributed by atoms with Crippen LogP contribution in [-0.4, -0.2) is 54.5 Å². The summed E-state index contributed by atoms with van der Waals surface area (Å²) in [6.07, 6.45) is 0.314. The van der Waals surface area contributed by atoms with Crippen LogP contribution in [0.5, 0.6) is 0 Å². The summed E-state index contributed by atoms with van der Waals surface area (Å²) < 4.78 is 26.0. The lowest BCUT2D eigenvalue weighted by atomic mass is 10.1. The molecule has 5 nitrogen and oxygen atoms in total. The van der Waals surface area contributed by atoms with Gasteiger partial charge in [0, 0.05) is 18.0 Å². The zero-order chi connectivity index (χ0) is 14.0. The molecule has 0 amide bonds. The third-order valence-corrected chi connectivity index (χ3v) is 5.83. The molecule has 1 aromatic carbocycles. The van der Waals surface area contributed by atoms with Crippen LogP contribution < -0.4 is 0 Å². The summed E-state index contributed by atoms with van der Waals surface area (Å²) in [5.41, 5.74) is 0. The van der Waals surface area contributed by atoms with E-state index in [9.17, 15) is 18.6 Å². The third kappa shape index (κ3) is 3.11. The molecular formula is C12H17NO4S2. The van der Waals surface area contributed by atoms with E-state index in [1.807, 2.05) is 6.26 Å². The number of aliphatic hydroxyl groups is 2. The highest BCUT2D eigenvalue weighted by molar-refractivity contribution is 7.98. The van der Waals surface area contributed by atoms with E-state index >= 15 is 0 Å². The molecule has 106 valence electrons. The minimum Gasteiger partial charge on any atom is -0.390 e. The van der Waals surface area contributed by atoms with Crippen molar-refractivity contribution in [3.8, 4) is 0 Å². The number of hydrogen-bond donors (Lipinski definition) is 2. The Balaban J connectivity index is 2.21. The quantitative estimate of drug-likeness (QED) is 0.796. The standard InChI is InChI=1S/C12H17NO4S2/c1-18-9-2-4-10(5-3-9)19(16,17)13-7-6-11(14)12(15)8-13/h2-5,11-12,14-15H,6-8H2,1H3/t11-,12-/m0/s1. The monoisotopic (exact) mass is 303 g/mol. The molecule has 0 aliphatic carbocycles. The molecule has 2 atom stereocenters. The largest absolute Gasteiger partial charge is 0.390 e. The third-order valence-electron chi connectivity index (χ3n) is 3.21. The van der Waals surface area contributed by atoms with Gasteiger partial charge in [-0.2, -0.15) is 4.31 Å². The number of hydrogen-bond acceptors (Lipinski definition) is 5. The Kier molecular flexibility index (Phi) is 4.52. The number of rotatable bonds is 3. The summed E-state index contributed by atoms with van der Waals surface area (Å²) in [5.74, 6) is 0. The van der Waals surface area contributed by atoms with Crippen molar-refractivity contribution in [2.45, 2.75) is 28.4 Å². The number of sulfonamides is 1. The summed E-state index contributed by atoms with van der Waals surface area (Å²) in [6.45, 7) is 0.165. The van der Waals surface area contributed by atoms with Crippen LogP contribution in [0, 0.1) is 0 Å². The van der Waals surface area contributed by atoms with E-state index in [1.165, 1.54) is 4.31 Å². The maximum atomic E-state index is 12.4. The Hall–Kier alpha value is -0.600. The van der Waals surface area contributed by atoms with Gasteiger partial charge in [-0.05, 0) is 36.9 Å². The summed E-state index contributed by atoms with van der Waals surface area (Å²) in [6, 6.07) is 6.65. The van der Waals surface area contributed by atoms with Crippen LogP contribution in [-0.2, 0) is 10.0 Å². The molecule has 1 heterocycles. The van der Waals surface area contributed by atoms with Gasteiger partial charge in [-0.3, -0.25) is 0 Å². The molecule has 19 heavy (non-hydrogen) atoms. The van der Waals surface area contributed by atoms with Crippen LogP contribution in [0.3, 0.4) is 0 Å². The van der Waals surface area contributed by atoms with Crippen molar-refractivity contribution in [2.24, 2.45) is 0 Å². The van der Waals surface area contributed by atoms with Crippen molar-refractivity contribution in [2.75, 3.05) is 19.3 Å². The first-order valence-corrected chi connectivity index (χ1v) is 8.62. The number of piperidine rings is 1. The minimum absolute atomic E-state index is 0.0617. The molecule has 2 N–H and O–H groups in total. The lowest BCUT2D eigenvalue weighted by Gasteiger charge is -2.32. The van der Waals surface area contributed by atoms with Crippen LogP contribution in [0.1, 0.15) is 6.42 Å². The van der Waals surface area contributed by atoms with Gasteiger partial charge in [0.05, 0.1) is 17.1 Å². The molecule has 1 aromatic rings. The smallest absolute Gasteiger partial charge is 0.243 e. The fourth-order valence-corrected chi connectivity index (χ4v) is 3.89. The van der Waals surface area contributed by atoms with Crippen molar-refractivity contribution in [3.05, 3.63) is 24.3 Å². The van der Waals surface area contributed by atoms with E-state index in [0.717, 1.165) is 4.90 Å². The van der Waals surface area contributed by atoms with Gasteiger partial charge in [0.15, 0.2) is 0 Å². The van der Waals surface area contributed by atoms with Gasteiger partial charge in [0.1, 0.15) is 0 Å². The lowest BCUT2D eigenvalue weighted by Crippen LogP contribution is -2.48. The SMILES string of the molecule is CSc1ccc(S(=O)(=O)N2CC[C@H](O)[C@@H](O)C2)cc1. The highest BCUT2D eigenvalue weighted by Gasteiger charge is 2.33. The van der Waals surface area contributed by atoms with Crippen molar-refractivity contribution in [1.29, 1.82) is 0 Å². The molecule has 0 spiro atoms. The van der Waals surface area contributed by atoms with Gasteiger partial charge in [0.2, 0.25) is 10.0 Å². The van der Waals surface area contributed by atoms with Crippen LogP contribution in [0.15, 0.2) is 34.1 Å². The zero-order valence-electron chi connectivity index (χ0n) is 10.6. The van der Waals surface area contributed by atoms with Gasteiger partial charge < -0.3 is 10.2 Å². The Morgan fingerprint density at radius 1 is 1.21 bits per heavy atom. The van der Waals surface area contributed by atoms with E-state index in [0.29, 0.717) is 0 Å². The average molecular weight is 303 g/mol. The van der Waals surface area contributed by atoms with Gasteiger partial charge >= 0.3 is 0 Å². The molecule has 1 fully saturated rings. The van der Waals surface area contributed by atoms with Crippen LogP contribution in [0.25, 0.3) is 0 Å². The predicted molar refractivity (Wildman–Crippen MR) is 73.6 cm³/mol. The van der Waals surface area contributed by atoms with E-state index < -0.39 is 22.2 Å². The van der Waals surface area contributed by atoms with Crippen molar-refractivity contribution in [3.63, 3.8) is 0 Å². The first-order chi connectivity index (χ1) is 8.95. The van der Waals surface area contributed by atoms with Crippen molar-refractivity contribution in [1.82, 2.24) is 4.31 Å². The first-order valence-electron chi connectivity index (χ1n) is 5.95. The molecule has 1 saturated heterocycles. The fraction of sp³-hybridized carbons (Fsp3) is 0.500. The van der Waals surface area contributed by atoms with E-state index in [-0.39, 0.29) is 24.4 Å².